The van der Waals surface area contributed by atoms with Crippen LogP contribution in [-0.2, 0) is 0 Å². The average Bonchev–Trinajstić information content (AvgIpc) is 2.79. The van der Waals surface area contributed by atoms with E-state index in [2.05, 4.69) is 0 Å². The normalized spacial score (nSPS) is 10.1. The minimum atomic E-state index is 0.843. The van der Waals surface area contributed by atoms with Crippen molar-refractivity contribution >= 4 is 22.7 Å². The molecule has 0 bridgehead atoms. The standard InChI is InChI=1S/C24H20N4/c1-5-13-21(14-6-1)25-27(23-17-9-3-10-18-23)28(24-19-11-4-12-20-24)26-22-15-7-2-8-16-22/h1-20H. The van der Waals surface area contributed by atoms with Crippen LogP contribution in [0.2, 0.25) is 0 Å². The first-order valence-corrected chi connectivity index (χ1v) is 9.14. The van der Waals surface area contributed by atoms with Crippen molar-refractivity contribution in [1.29, 1.82) is 0 Å². The third-order valence-electron chi connectivity index (χ3n) is 4.09. The lowest BCUT2D eigenvalue weighted by molar-refractivity contribution is 0.620. The van der Waals surface area contributed by atoms with Gasteiger partial charge in [-0.1, -0.05) is 72.8 Å². The molecular formula is C24H20N4. The van der Waals surface area contributed by atoms with Crippen LogP contribution < -0.4 is 21.1 Å². The van der Waals surface area contributed by atoms with Crippen molar-refractivity contribution in [3.05, 3.63) is 121 Å². The summed E-state index contributed by atoms with van der Waals surface area (Å²) in [5.74, 6) is 0. The van der Waals surface area contributed by atoms with E-state index in [-0.39, 0.29) is 0 Å². The van der Waals surface area contributed by atoms with Gasteiger partial charge in [0, 0.05) is 0 Å². The van der Waals surface area contributed by atoms with Crippen molar-refractivity contribution in [2.45, 2.75) is 0 Å². The molecule has 4 aromatic carbocycles. The molecule has 0 unspecified atom stereocenters. The van der Waals surface area contributed by atoms with Gasteiger partial charge in [-0.15, -0.1) is 0 Å². The topological polar surface area (TPSA) is 34.7 Å². The SMILES string of the molecule is c1ccc([N]N(c2ccccc2)N([N]c2ccccc2)c2ccccc2)cc1. The molecule has 0 saturated heterocycles. The van der Waals surface area contributed by atoms with Gasteiger partial charge in [0.15, 0.2) is 0 Å². The van der Waals surface area contributed by atoms with Gasteiger partial charge in [-0.3, -0.25) is 0 Å². The van der Waals surface area contributed by atoms with Gasteiger partial charge < -0.3 is 0 Å². The van der Waals surface area contributed by atoms with Gasteiger partial charge in [0.2, 0.25) is 0 Å². The minimum Gasteiger partial charge on any atom is -0.151 e. The predicted octanol–water partition coefficient (Wildman–Crippen LogP) is 5.62. The molecular weight excluding hydrogens is 344 g/mol. The molecule has 0 amide bonds. The van der Waals surface area contributed by atoms with Crippen LogP contribution in [0.3, 0.4) is 0 Å². The van der Waals surface area contributed by atoms with Crippen LogP contribution in [0.4, 0.5) is 22.7 Å². The largest absolute Gasteiger partial charge is 0.151 e. The zero-order valence-electron chi connectivity index (χ0n) is 15.3. The van der Waals surface area contributed by atoms with E-state index < -0.39 is 0 Å². The van der Waals surface area contributed by atoms with E-state index >= 15 is 0 Å². The van der Waals surface area contributed by atoms with E-state index in [1.54, 1.807) is 0 Å². The van der Waals surface area contributed by atoms with Gasteiger partial charge in [0.05, 0.1) is 22.7 Å². The van der Waals surface area contributed by atoms with Crippen molar-refractivity contribution in [2.75, 3.05) is 10.2 Å². The molecule has 28 heavy (non-hydrogen) atoms. The van der Waals surface area contributed by atoms with Gasteiger partial charge in [-0.25, -0.2) is 0 Å². The highest BCUT2D eigenvalue weighted by molar-refractivity contribution is 5.59. The number of para-hydroxylation sites is 2. The second kappa shape index (κ2) is 8.64. The fourth-order valence-electron chi connectivity index (χ4n) is 2.75. The van der Waals surface area contributed by atoms with Crippen LogP contribution >= 0.6 is 0 Å². The Hall–Kier alpha value is -3.92. The molecule has 0 aromatic heterocycles. The van der Waals surface area contributed by atoms with E-state index in [0.29, 0.717) is 0 Å². The van der Waals surface area contributed by atoms with Crippen molar-refractivity contribution in [1.82, 2.24) is 10.9 Å². The molecule has 4 heteroatoms. The van der Waals surface area contributed by atoms with Crippen LogP contribution in [0.5, 0.6) is 0 Å². The maximum Gasteiger partial charge on any atom is 0.0857 e. The summed E-state index contributed by atoms with van der Waals surface area (Å²) in [5.41, 5.74) is 13.2. The monoisotopic (exact) mass is 364 g/mol. The molecule has 0 aliphatic rings. The molecule has 0 aliphatic carbocycles. The highest BCUT2D eigenvalue weighted by Crippen LogP contribution is 2.25. The summed E-state index contributed by atoms with van der Waals surface area (Å²) >= 11 is 0. The van der Waals surface area contributed by atoms with Gasteiger partial charge in [0.25, 0.3) is 0 Å². The first kappa shape index (κ1) is 17.5. The summed E-state index contributed by atoms with van der Waals surface area (Å²) in [7, 11) is 0. The summed E-state index contributed by atoms with van der Waals surface area (Å²) in [6.07, 6.45) is 0. The van der Waals surface area contributed by atoms with Gasteiger partial charge in [-0.05, 0) is 48.5 Å². The van der Waals surface area contributed by atoms with Gasteiger partial charge in [-0.2, -0.15) is 21.1 Å². The quantitative estimate of drug-likeness (QED) is 0.399. The van der Waals surface area contributed by atoms with Gasteiger partial charge in [0.1, 0.15) is 0 Å². The molecule has 4 aromatic rings. The molecule has 0 N–H and O–H groups in total. The lowest BCUT2D eigenvalue weighted by atomic mass is 10.3. The number of rotatable bonds is 7. The Kier molecular flexibility index (Phi) is 5.40. The number of hydrazine groups is 1. The minimum absolute atomic E-state index is 0.843. The van der Waals surface area contributed by atoms with Crippen molar-refractivity contribution in [3.8, 4) is 0 Å². The molecule has 0 saturated carbocycles. The number of anilines is 2. The Labute approximate surface area is 165 Å². The number of hydrogen-bond donors (Lipinski definition) is 0. The van der Waals surface area contributed by atoms with Crippen LogP contribution in [0, 0.1) is 0 Å². The lowest BCUT2D eigenvalue weighted by Crippen LogP contribution is -2.49. The summed E-state index contributed by atoms with van der Waals surface area (Å²) in [5, 5.41) is 3.63. The zero-order valence-corrected chi connectivity index (χ0v) is 15.3. The van der Waals surface area contributed by atoms with Crippen LogP contribution in [0.25, 0.3) is 0 Å². The van der Waals surface area contributed by atoms with Crippen LogP contribution in [0.1, 0.15) is 0 Å². The lowest BCUT2D eigenvalue weighted by Gasteiger charge is -2.34. The Bertz CT molecular complexity index is 877. The molecule has 0 atom stereocenters. The molecule has 0 fully saturated rings. The van der Waals surface area contributed by atoms with Crippen molar-refractivity contribution in [3.63, 3.8) is 0 Å². The second-order valence-corrected chi connectivity index (χ2v) is 6.12. The maximum absolute atomic E-state index is 4.87. The average molecular weight is 364 g/mol. The summed E-state index contributed by atoms with van der Waals surface area (Å²) in [6.45, 7) is 0. The predicted molar refractivity (Wildman–Crippen MR) is 114 cm³/mol. The Morgan fingerprint density at radius 1 is 0.357 bits per heavy atom. The Morgan fingerprint density at radius 3 is 0.964 bits per heavy atom. The van der Waals surface area contributed by atoms with E-state index in [4.69, 9.17) is 10.9 Å². The summed E-state index contributed by atoms with van der Waals surface area (Å²) < 4.78 is 0. The fraction of sp³-hybridized carbons (Fsp3) is 0. The highest BCUT2D eigenvalue weighted by Gasteiger charge is 2.21. The zero-order chi connectivity index (χ0) is 19.0. The molecule has 2 radical (unpaired) electrons. The summed E-state index contributed by atoms with van der Waals surface area (Å²) in [6, 6.07) is 39.8. The number of nitrogens with zero attached hydrogens (tertiary/aromatic N) is 4. The van der Waals surface area contributed by atoms with E-state index in [0.717, 1.165) is 22.7 Å². The third-order valence-corrected chi connectivity index (χ3v) is 4.09. The molecule has 4 nitrogen and oxygen atoms in total. The van der Waals surface area contributed by atoms with E-state index in [9.17, 15) is 0 Å². The third kappa shape index (κ3) is 4.24. The van der Waals surface area contributed by atoms with Gasteiger partial charge >= 0.3 is 0 Å². The molecule has 4 rings (SSSR count). The fourth-order valence-corrected chi connectivity index (χ4v) is 2.75. The molecule has 136 valence electrons. The smallest absolute Gasteiger partial charge is 0.0857 e. The Balaban J connectivity index is 1.76. The first-order valence-electron chi connectivity index (χ1n) is 9.14. The molecule has 0 spiro atoms. The highest BCUT2D eigenvalue weighted by atomic mass is 15.9. The van der Waals surface area contributed by atoms with Crippen molar-refractivity contribution in [2.24, 2.45) is 0 Å². The second-order valence-electron chi connectivity index (χ2n) is 6.12. The van der Waals surface area contributed by atoms with Crippen molar-refractivity contribution < 1.29 is 0 Å². The van der Waals surface area contributed by atoms with E-state index in [1.165, 1.54) is 0 Å². The molecule has 0 aliphatic heterocycles. The number of hydrogen-bond acceptors (Lipinski definition) is 2. The Morgan fingerprint density at radius 2 is 0.643 bits per heavy atom. The first-order chi connectivity index (χ1) is 13.9. The maximum atomic E-state index is 4.87. The van der Waals surface area contributed by atoms with E-state index in [1.807, 2.05) is 132 Å². The van der Waals surface area contributed by atoms with Crippen LogP contribution in [0.15, 0.2) is 121 Å². The summed E-state index contributed by atoms with van der Waals surface area (Å²) in [4.78, 5) is 0. The van der Waals surface area contributed by atoms with Crippen LogP contribution in [-0.4, -0.2) is 0 Å². The number of benzene rings is 4. The molecule has 0 heterocycles.